The van der Waals surface area contributed by atoms with Crippen molar-refractivity contribution in [1.82, 2.24) is 9.78 Å². The maximum Gasteiger partial charge on any atom is 0.0719 e. The molecule has 0 spiro atoms. The summed E-state index contributed by atoms with van der Waals surface area (Å²) in [4.78, 5) is 0. The van der Waals surface area contributed by atoms with Gasteiger partial charge in [-0.3, -0.25) is 4.68 Å². The van der Waals surface area contributed by atoms with Crippen LogP contribution in [-0.4, -0.2) is 9.78 Å². The molecular weight excluding hydrogens is 150 g/mol. The number of rotatable bonds is 2. The summed E-state index contributed by atoms with van der Waals surface area (Å²) in [6, 6.07) is 0. The van der Waals surface area contributed by atoms with E-state index in [0.717, 1.165) is 18.2 Å². The summed E-state index contributed by atoms with van der Waals surface area (Å²) in [5, 5.41) is 4.15. The monoisotopic (exact) mass is 165 g/mol. The number of nitrogen functional groups attached to an aromatic ring is 1. The van der Waals surface area contributed by atoms with Crippen molar-refractivity contribution >= 4 is 5.69 Å². The molecule has 1 aliphatic rings. The van der Waals surface area contributed by atoms with Crippen molar-refractivity contribution in [2.75, 3.05) is 5.73 Å². The van der Waals surface area contributed by atoms with E-state index in [9.17, 15) is 0 Å². The number of nitrogens with zero attached hydrogens (tertiary/aromatic N) is 2. The standard InChI is InChI=1S/C9H15N3/c1-9(2)3-7(9)5-12-6-8(10)4-11-12/h4,6-7H,3,5,10H2,1-2H3. The summed E-state index contributed by atoms with van der Waals surface area (Å²) in [6.07, 6.45) is 4.91. The number of hydrogen-bond acceptors (Lipinski definition) is 2. The van der Waals surface area contributed by atoms with Gasteiger partial charge in [-0.25, -0.2) is 0 Å². The Morgan fingerprint density at radius 3 is 2.83 bits per heavy atom. The molecule has 1 fully saturated rings. The van der Waals surface area contributed by atoms with Gasteiger partial charge >= 0.3 is 0 Å². The first-order valence-electron chi connectivity index (χ1n) is 4.36. The molecule has 1 unspecified atom stereocenters. The molecule has 1 atom stereocenters. The second-order valence-electron chi connectivity index (χ2n) is 4.39. The van der Waals surface area contributed by atoms with Crippen LogP contribution in [0.15, 0.2) is 12.4 Å². The van der Waals surface area contributed by atoms with E-state index in [1.165, 1.54) is 6.42 Å². The molecule has 2 rings (SSSR count). The van der Waals surface area contributed by atoms with Crippen LogP contribution in [0.25, 0.3) is 0 Å². The van der Waals surface area contributed by atoms with Crippen LogP contribution < -0.4 is 5.73 Å². The van der Waals surface area contributed by atoms with Crippen molar-refractivity contribution < 1.29 is 0 Å². The fraction of sp³-hybridized carbons (Fsp3) is 0.667. The van der Waals surface area contributed by atoms with Gasteiger partial charge < -0.3 is 5.73 Å². The van der Waals surface area contributed by atoms with Crippen LogP contribution >= 0.6 is 0 Å². The van der Waals surface area contributed by atoms with Gasteiger partial charge in [0.25, 0.3) is 0 Å². The van der Waals surface area contributed by atoms with E-state index in [0.29, 0.717) is 5.41 Å². The van der Waals surface area contributed by atoms with Gasteiger partial charge in [0, 0.05) is 12.7 Å². The SMILES string of the molecule is CC1(C)CC1Cn1cc(N)cn1. The Hall–Kier alpha value is -0.990. The van der Waals surface area contributed by atoms with Gasteiger partial charge in [0.1, 0.15) is 0 Å². The maximum atomic E-state index is 5.56. The molecule has 3 nitrogen and oxygen atoms in total. The largest absolute Gasteiger partial charge is 0.396 e. The fourth-order valence-corrected chi connectivity index (χ4v) is 1.59. The first-order chi connectivity index (χ1) is 5.58. The Balaban J connectivity index is 1.97. The smallest absolute Gasteiger partial charge is 0.0719 e. The van der Waals surface area contributed by atoms with Crippen molar-refractivity contribution in [2.45, 2.75) is 26.8 Å². The Morgan fingerprint density at radius 2 is 2.42 bits per heavy atom. The van der Waals surface area contributed by atoms with Crippen LogP contribution in [0.1, 0.15) is 20.3 Å². The minimum absolute atomic E-state index is 0.528. The molecule has 2 N–H and O–H groups in total. The quantitative estimate of drug-likeness (QED) is 0.722. The van der Waals surface area contributed by atoms with Gasteiger partial charge in [-0.15, -0.1) is 0 Å². The topological polar surface area (TPSA) is 43.8 Å². The molecule has 0 amide bonds. The highest BCUT2D eigenvalue weighted by Gasteiger charge is 2.45. The van der Waals surface area contributed by atoms with E-state index in [2.05, 4.69) is 18.9 Å². The minimum atomic E-state index is 0.528. The molecule has 0 bridgehead atoms. The molecule has 0 saturated heterocycles. The molecule has 1 aromatic rings. The van der Waals surface area contributed by atoms with Gasteiger partial charge in [0.15, 0.2) is 0 Å². The molecule has 66 valence electrons. The number of hydrogen-bond donors (Lipinski definition) is 1. The van der Waals surface area contributed by atoms with Crippen molar-refractivity contribution in [3.8, 4) is 0 Å². The van der Waals surface area contributed by atoms with Crippen LogP contribution in [0.2, 0.25) is 0 Å². The summed E-state index contributed by atoms with van der Waals surface area (Å²) in [6.45, 7) is 5.61. The van der Waals surface area contributed by atoms with Gasteiger partial charge in [-0.1, -0.05) is 13.8 Å². The molecule has 0 aromatic carbocycles. The predicted molar refractivity (Wildman–Crippen MR) is 48.5 cm³/mol. The highest BCUT2D eigenvalue weighted by Crippen LogP contribution is 2.52. The van der Waals surface area contributed by atoms with E-state index in [4.69, 9.17) is 5.73 Å². The zero-order valence-corrected chi connectivity index (χ0v) is 7.62. The van der Waals surface area contributed by atoms with E-state index in [-0.39, 0.29) is 0 Å². The molecular formula is C9H15N3. The lowest BCUT2D eigenvalue weighted by Crippen LogP contribution is -2.03. The predicted octanol–water partition coefficient (Wildman–Crippen LogP) is 1.51. The summed E-state index contributed by atoms with van der Waals surface area (Å²) in [5.74, 6) is 0.789. The lowest BCUT2D eigenvalue weighted by atomic mass is 10.1. The molecule has 1 aromatic heterocycles. The Labute approximate surface area is 72.6 Å². The van der Waals surface area contributed by atoms with E-state index in [1.54, 1.807) is 6.20 Å². The lowest BCUT2D eigenvalue weighted by Gasteiger charge is -2.02. The Morgan fingerprint density at radius 1 is 1.75 bits per heavy atom. The number of anilines is 1. The highest BCUT2D eigenvalue weighted by atomic mass is 15.3. The molecule has 0 aliphatic heterocycles. The van der Waals surface area contributed by atoms with Crippen LogP contribution in [0.4, 0.5) is 5.69 Å². The van der Waals surface area contributed by atoms with Gasteiger partial charge in [0.05, 0.1) is 11.9 Å². The average molecular weight is 165 g/mol. The van der Waals surface area contributed by atoms with E-state index in [1.807, 2.05) is 10.9 Å². The summed E-state index contributed by atoms with van der Waals surface area (Å²) >= 11 is 0. The number of nitrogens with two attached hydrogens (primary N) is 1. The maximum absolute atomic E-state index is 5.56. The number of aromatic nitrogens is 2. The second-order valence-corrected chi connectivity index (χ2v) is 4.39. The third-order valence-electron chi connectivity index (χ3n) is 2.78. The second kappa shape index (κ2) is 2.25. The zero-order chi connectivity index (χ0) is 8.77. The van der Waals surface area contributed by atoms with Gasteiger partial charge in [-0.05, 0) is 17.8 Å². The average Bonchev–Trinajstić information content (AvgIpc) is 2.41. The lowest BCUT2D eigenvalue weighted by molar-refractivity contribution is 0.472. The highest BCUT2D eigenvalue weighted by molar-refractivity contribution is 5.30. The van der Waals surface area contributed by atoms with Crippen LogP contribution in [0.3, 0.4) is 0 Å². The summed E-state index contributed by atoms with van der Waals surface area (Å²) in [5.41, 5.74) is 6.85. The molecule has 1 saturated carbocycles. The molecule has 1 heterocycles. The summed E-state index contributed by atoms with van der Waals surface area (Å²) in [7, 11) is 0. The normalized spacial score (nSPS) is 25.7. The fourth-order valence-electron chi connectivity index (χ4n) is 1.59. The van der Waals surface area contributed by atoms with Crippen molar-refractivity contribution in [3.05, 3.63) is 12.4 Å². The van der Waals surface area contributed by atoms with Crippen LogP contribution in [0, 0.1) is 11.3 Å². The summed E-state index contributed by atoms with van der Waals surface area (Å²) < 4.78 is 1.94. The van der Waals surface area contributed by atoms with Crippen LogP contribution in [0.5, 0.6) is 0 Å². The van der Waals surface area contributed by atoms with Crippen molar-refractivity contribution in [2.24, 2.45) is 11.3 Å². The van der Waals surface area contributed by atoms with Gasteiger partial charge in [-0.2, -0.15) is 5.10 Å². The van der Waals surface area contributed by atoms with E-state index < -0.39 is 0 Å². The molecule has 3 heteroatoms. The van der Waals surface area contributed by atoms with E-state index >= 15 is 0 Å². The molecule has 12 heavy (non-hydrogen) atoms. The van der Waals surface area contributed by atoms with Gasteiger partial charge in [0.2, 0.25) is 0 Å². The third kappa shape index (κ3) is 1.31. The Kier molecular flexibility index (Phi) is 1.43. The van der Waals surface area contributed by atoms with Crippen molar-refractivity contribution in [3.63, 3.8) is 0 Å². The first-order valence-corrected chi connectivity index (χ1v) is 4.36. The third-order valence-corrected chi connectivity index (χ3v) is 2.78. The zero-order valence-electron chi connectivity index (χ0n) is 7.62. The first kappa shape index (κ1) is 7.65. The minimum Gasteiger partial charge on any atom is -0.396 e. The van der Waals surface area contributed by atoms with Crippen molar-refractivity contribution in [1.29, 1.82) is 0 Å². The van der Waals surface area contributed by atoms with Crippen LogP contribution in [-0.2, 0) is 6.54 Å². The Bertz CT molecular complexity index is 288. The molecule has 1 aliphatic carbocycles. The molecule has 0 radical (unpaired) electrons.